The van der Waals surface area contributed by atoms with Crippen LogP contribution >= 0.6 is 0 Å². The molecule has 3 heteroatoms. The minimum Gasteiger partial charge on any atom is -0.343 e. The van der Waals surface area contributed by atoms with Crippen molar-refractivity contribution in [3.8, 4) is 12.1 Å². The zero-order chi connectivity index (χ0) is 15.6. The van der Waals surface area contributed by atoms with Gasteiger partial charge in [-0.2, -0.15) is 10.5 Å². The fourth-order valence-electron chi connectivity index (χ4n) is 3.00. The first-order chi connectivity index (χ1) is 9.93. The Kier molecular flexibility index (Phi) is 3.87. The number of hydrogen-bond acceptors (Lipinski definition) is 3. The Hall–Kier alpha value is -2.52. The molecule has 1 aliphatic rings. The third-order valence-corrected chi connectivity index (χ3v) is 4.19. The van der Waals surface area contributed by atoms with Crippen molar-refractivity contribution in [2.24, 2.45) is 5.41 Å². The summed E-state index contributed by atoms with van der Waals surface area (Å²) in [5.41, 5.74) is 3.84. The lowest BCUT2D eigenvalue weighted by molar-refractivity contribution is 0.366. The third-order valence-electron chi connectivity index (χ3n) is 4.19. The number of nitrogens with zero attached hydrogens (tertiary/aromatic N) is 3. The monoisotopic (exact) mass is 277 g/mol. The summed E-state index contributed by atoms with van der Waals surface area (Å²) in [6.45, 7) is 8.47. The lowest BCUT2D eigenvalue weighted by atomic mass is 9.74. The molecule has 0 aromatic heterocycles. The van der Waals surface area contributed by atoms with Gasteiger partial charge in [-0.3, -0.25) is 0 Å². The molecule has 0 fully saturated rings. The van der Waals surface area contributed by atoms with Gasteiger partial charge in [-0.05, 0) is 19.4 Å². The summed E-state index contributed by atoms with van der Waals surface area (Å²) >= 11 is 0. The van der Waals surface area contributed by atoms with Gasteiger partial charge in [0.25, 0.3) is 0 Å². The van der Waals surface area contributed by atoms with Crippen LogP contribution in [0.2, 0.25) is 0 Å². The minimum atomic E-state index is -0.523. The van der Waals surface area contributed by atoms with E-state index in [1.54, 1.807) is 0 Å². The van der Waals surface area contributed by atoms with Crippen LogP contribution in [0.15, 0.2) is 52.9 Å². The number of nitriles is 2. The maximum atomic E-state index is 9.51. The molecule has 3 nitrogen and oxygen atoms in total. The van der Waals surface area contributed by atoms with Crippen LogP contribution < -0.4 is 0 Å². The first-order valence-electron chi connectivity index (χ1n) is 6.97. The summed E-state index contributed by atoms with van der Waals surface area (Å²) in [5, 5.41) is 19.0. The molecule has 106 valence electrons. The normalized spacial score (nSPS) is 17.5. The van der Waals surface area contributed by atoms with E-state index in [0.29, 0.717) is 17.7 Å². The summed E-state index contributed by atoms with van der Waals surface area (Å²) < 4.78 is 0. The molecule has 21 heavy (non-hydrogen) atoms. The van der Waals surface area contributed by atoms with E-state index in [4.69, 9.17) is 0 Å². The second kappa shape index (κ2) is 5.46. The van der Waals surface area contributed by atoms with E-state index < -0.39 is 5.41 Å². The van der Waals surface area contributed by atoms with E-state index in [0.717, 1.165) is 17.0 Å². The molecule has 2 rings (SSSR count). The molecule has 0 N–H and O–H groups in total. The van der Waals surface area contributed by atoms with Gasteiger partial charge in [-0.1, -0.05) is 44.2 Å². The first kappa shape index (κ1) is 14.9. The van der Waals surface area contributed by atoms with E-state index in [1.165, 1.54) is 0 Å². The second-order valence-corrected chi connectivity index (χ2v) is 5.84. The lowest BCUT2D eigenvalue weighted by Gasteiger charge is -2.39. The van der Waals surface area contributed by atoms with Crippen molar-refractivity contribution in [2.75, 3.05) is 0 Å². The van der Waals surface area contributed by atoms with Gasteiger partial charge in [-0.15, -0.1) is 0 Å². The minimum absolute atomic E-state index is 0.523. The Morgan fingerprint density at radius 3 is 1.86 bits per heavy atom. The van der Waals surface area contributed by atoms with Crippen LogP contribution in [0.3, 0.4) is 0 Å². The van der Waals surface area contributed by atoms with Gasteiger partial charge in [0.05, 0.1) is 23.3 Å². The molecule has 0 aliphatic carbocycles. The topological polar surface area (TPSA) is 50.8 Å². The highest BCUT2D eigenvalue weighted by atomic mass is 15.2. The third kappa shape index (κ3) is 2.43. The molecule has 0 bridgehead atoms. The highest BCUT2D eigenvalue weighted by Crippen LogP contribution is 2.43. The molecule has 0 amide bonds. The maximum absolute atomic E-state index is 9.51. The predicted octanol–water partition coefficient (Wildman–Crippen LogP) is 4.12. The molecular formula is C18H19N3. The average molecular weight is 277 g/mol. The number of benzene rings is 1. The lowest BCUT2D eigenvalue weighted by Crippen LogP contribution is -2.33. The van der Waals surface area contributed by atoms with Crippen LogP contribution in [0, 0.1) is 28.1 Å². The Labute approximate surface area is 126 Å². The van der Waals surface area contributed by atoms with Gasteiger partial charge in [0.1, 0.15) is 0 Å². The number of allylic oxidation sites excluding steroid dienone is 4. The quantitative estimate of drug-likeness (QED) is 0.817. The van der Waals surface area contributed by atoms with Crippen LogP contribution in [-0.2, 0) is 6.54 Å². The van der Waals surface area contributed by atoms with Crippen molar-refractivity contribution < 1.29 is 0 Å². The second-order valence-electron chi connectivity index (χ2n) is 5.84. The molecule has 1 aromatic rings. The van der Waals surface area contributed by atoms with Gasteiger partial charge in [0.15, 0.2) is 0 Å². The molecular weight excluding hydrogens is 258 g/mol. The van der Waals surface area contributed by atoms with Gasteiger partial charge < -0.3 is 4.90 Å². The molecule has 1 aromatic carbocycles. The zero-order valence-electron chi connectivity index (χ0n) is 12.9. The molecule has 0 saturated carbocycles. The van der Waals surface area contributed by atoms with Gasteiger partial charge >= 0.3 is 0 Å². The van der Waals surface area contributed by atoms with E-state index >= 15 is 0 Å². The van der Waals surface area contributed by atoms with Crippen LogP contribution in [-0.4, -0.2) is 4.90 Å². The van der Waals surface area contributed by atoms with Crippen LogP contribution in [0.25, 0.3) is 0 Å². The van der Waals surface area contributed by atoms with Gasteiger partial charge in [0, 0.05) is 23.4 Å². The van der Waals surface area contributed by atoms with Gasteiger partial charge in [0.2, 0.25) is 0 Å². The maximum Gasteiger partial charge on any atom is 0.0975 e. The summed E-state index contributed by atoms with van der Waals surface area (Å²) in [6, 6.07) is 14.7. The Morgan fingerprint density at radius 2 is 1.43 bits per heavy atom. The van der Waals surface area contributed by atoms with Crippen molar-refractivity contribution in [3.63, 3.8) is 0 Å². The predicted molar refractivity (Wildman–Crippen MR) is 82.4 cm³/mol. The summed E-state index contributed by atoms with van der Waals surface area (Å²) in [6.07, 6.45) is 0. The van der Waals surface area contributed by atoms with E-state index in [-0.39, 0.29) is 0 Å². The van der Waals surface area contributed by atoms with Crippen LogP contribution in [0.1, 0.15) is 33.3 Å². The SMILES string of the molecule is CC1=C(C#N)C(C)(C)C(C#N)=C(C)N1Cc1ccccc1. The van der Waals surface area contributed by atoms with Crippen molar-refractivity contribution in [1.82, 2.24) is 4.90 Å². The highest BCUT2D eigenvalue weighted by Gasteiger charge is 2.38. The summed E-state index contributed by atoms with van der Waals surface area (Å²) in [5.74, 6) is 0. The van der Waals surface area contributed by atoms with Crippen molar-refractivity contribution in [3.05, 3.63) is 58.4 Å². The molecule has 0 atom stereocenters. The molecule has 1 aliphatic heterocycles. The standard InChI is InChI=1S/C18H19N3/c1-13-16(10-19)18(3,4)17(11-20)14(2)21(13)12-15-8-6-5-7-9-15/h5-9H,12H2,1-4H3. The van der Waals surface area contributed by atoms with Crippen LogP contribution in [0.5, 0.6) is 0 Å². The van der Waals surface area contributed by atoms with E-state index in [2.05, 4.69) is 29.2 Å². The van der Waals surface area contributed by atoms with Crippen LogP contribution in [0.4, 0.5) is 0 Å². The Bertz CT molecular complexity index is 654. The van der Waals surface area contributed by atoms with Crippen molar-refractivity contribution in [1.29, 1.82) is 10.5 Å². The highest BCUT2D eigenvalue weighted by molar-refractivity contribution is 5.50. The molecule has 0 spiro atoms. The molecule has 0 saturated heterocycles. The average Bonchev–Trinajstić information content (AvgIpc) is 2.45. The molecule has 0 unspecified atom stereocenters. The Morgan fingerprint density at radius 1 is 0.952 bits per heavy atom. The smallest absolute Gasteiger partial charge is 0.0975 e. The van der Waals surface area contributed by atoms with Gasteiger partial charge in [-0.25, -0.2) is 0 Å². The fraction of sp³-hybridized carbons (Fsp3) is 0.333. The zero-order valence-corrected chi connectivity index (χ0v) is 12.9. The van der Waals surface area contributed by atoms with Crippen molar-refractivity contribution >= 4 is 0 Å². The van der Waals surface area contributed by atoms with Crippen molar-refractivity contribution in [2.45, 2.75) is 34.2 Å². The fourth-order valence-corrected chi connectivity index (χ4v) is 3.00. The number of hydrogen-bond donors (Lipinski definition) is 0. The number of rotatable bonds is 2. The van der Waals surface area contributed by atoms with E-state index in [1.807, 2.05) is 45.9 Å². The molecule has 1 heterocycles. The Balaban J connectivity index is 2.53. The molecule has 0 radical (unpaired) electrons. The van der Waals surface area contributed by atoms with E-state index in [9.17, 15) is 10.5 Å². The summed E-state index contributed by atoms with van der Waals surface area (Å²) in [4.78, 5) is 2.07. The summed E-state index contributed by atoms with van der Waals surface area (Å²) in [7, 11) is 0. The first-order valence-corrected chi connectivity index (χ1v) is 6.97. The largest absolute Gasteiger partial charge is 0.343 e.